The van der Waals surface area contributed by atoms with Crippen molar-refractivity contribution in [3.05, 3.63) is 0 Å². The molecule has 0 saturated carbocycles. The summed E-state index contributed by atoms with van der Waals surface area (Å²) in [6.45, 7) is 2.39. The first-order valence-corrected chi connectivity index (χ1v) is 3.54. The molecule has 0 radical (unpaired) electrons. The van der Waals surface area contributed by atoms with E-state index in [1.807, 2.05) is 6.92 Å². The summed E-state index contributed by atoms with van der Waals surface area (Å²) in [6.07, 6.45) is 6.01. The number of hydrogen-bond acceptors (Lipinski definition) is 3. The molecule has 0 aliphatic carbocycles. The number of carbonyl (C=O) groups excluding carboxylic acids is 1. The zero-order valence-electron chi connectivity index (χ0n) is 6.63. The van der Waals surface area contributed by atoms with Crippen molar-refractivity contribution in [1.29, 1.82) is 0 Å². The van der Waals surface area contributed by atoms with Crippen molar-refractivity contribution in [2.24, 2.45) is 0 Å². The number of terminal acetylenes is 1. The summed E-state index contributed by atoms with van der Waals surface area (Å²) in [4.78, 5) is 10.5. The van der Waals surface area contributed by atoms with Gasteiger partial charge in [0.2, 0.25) is 0 Å². The van der Waals surface area contributed by atoms with Gasteiger partial charge in [-0.2, -0.15) is 0 Å². The number of hydrogen-bond donors (Lipinski definition) is 0. The van der Waals surface area contributed by atoms with E-state index in [0.29, 0.717) is 6.61 Å². The SMILES string of the molecule is C#CCOC(=O)OCCCC. The summed E-state index contributed by atoms with van der Waals surface area (Å²) in [5, 5.41) is 0. The van der Waals surface area contributed by atoms with Crippen molar-refractivity contribution < 1.29 is 14.3 Å². The summed E-state index contributed by atoms with van der Waals surface area (Å²) in [5.74, 6) is 2.17. The van der Waals surface area contributed by atoms with Gasteiger partial charge in [0.1, 0.15) is 0 Å². The van der Waals surface area contributed by atoms with Crippen LogP contribution < -0.4 is 0 Å². The number of ether oxygens (including phenoxy) is 2. The van der Waals surface area contributed by atoms with Crippen LogP contribution in [0.2, 0.25) is 0 Å². The predicted octanol–water partition coefficient (Wildman–Crippen LogP) is 1.57. The molecule has 0 fully saturated rings. The maximum Gasteiger partial charge on any atom is 0.509 e. The van der Waals surface area contributed by atoms with Gasteiger partial charge in [-0.25, -0.2) is 4.79 Å². The molecule has 3 heteroatoms. The fourth-order valence-corrected chi connectivity index (χ4v) is 0.442. The first kappa shape index (κ1) is 9.83. The van der Waals surface area contributed by atoms with E-state index in [4.69, 9.17) is 6.42 Å². The first-order chi connectivity index (χ1) is 5.31. The van der Waals surface area contributed by atoms with Crippen LogP contribution in [0, 0.1) is 12.3 Å². The summed E-state index contributed by atoms with van der Waals surface area (Å²) in [6, 6.07) is 0. The predicted molar refractivity (Wildman–Crippen MR) is 41.0 cm³/mol. The highest BCUT2D eigenvalue weighted by Gasteiger charge is 1.99. The first-order valence-electron chi connectivity index (χ1n) is 3.54. The van der Waals surface area contributed by atoms with Crippen molar-refractivity contribution in [3.63, 3.8) is 0 Å². The van der Waals surface area contributed by atoms with Gasteiger partial charge in [0, 0.05) is 0 Å². The molecule has 0 unspecified atom stereocenters. The third-order valence-corrected chi connectivity index (χ3v) is 0.991. The van der Waals surface area contributed by atoms with Crippen molar-refractivity contribution in [3.8, 4) is 12.3 Å². The van der Waals surface area contributed by atoms with E-state index in [2.05, 4.69) is 15.4 Å². The second kappa shape index (κ2) is 6.94. The fraction of sp³-hybridized carbons (Fsp3) is 0.625. The summed E-state index contributed by atoms with van der Waals surface area (Å²) < 4.78 is 9.07. The Labute approximate surface area is 66.7 Å². The topological polar surface area (TPSA) is 35.5 Å². The molecular weight excluding hydrogens is 144 g/mol. The molecule has 0 aliphatic heterocycles. The smallest absolute Gasteiger partial charge is 0.434 e. The highest BCUT2D eigenvalue weighted by molar-refractivity contribution is 5.59. The highest BCUT2D eigenvalue weighted by atomic mass is 16.7. The van der Waals surface area contributed by atoms with E-state index in [0.717, 1.165) is 12.8 Å². The zero-order chi connectivity index (χ0) is 8.53. The van der Waals surface area contributed by atoms with Gasteiger partial charge in [-0.05, 0) is 6.42 Å². The van der Waals surface area contributed by atoms with Gasteiger partial charge in [0.15, 0.2) is 6.61 Å². The maximum absolute atomic E-state index is 10.5. The molecule has 0 atom stereocenters. The second-order valence-electron chi connectivity index (χ2n) is 1.94. The van der Waals surface area contributed by atoms with Crippen molar-refractivity contribution in [1.82, 2.24) is 0 Å². The molecular formula is C8H12O3. The third-order valence-electron chi connectivity index (χ3n) is 0.991. The van der Waals surface area contributed by atoms with Crippen LogP contribution in [0.4, 0.5) is 4.79 Å². The Bertz CT molecular complexity index is 146. The second-order valence-corrected chi connectivity index (χ2v) is 1.94. The Morgan fingerprint density at radius 3 is 2.82 bits per heavy atom. The normalized spacial score (nSPS) is 8.36. The van der Waals surface area contributed by atoms with Gasteiger partial charge in [-0.3, -0.25) is 0 Å². The molecule has 3 nitrogen and oxygen atoms in total. The lowest BCUT2D eigenvalue weighted by atomic mass is 10.4. The van der Waals surface area contributed by atoms with Crippen LogP contribution in [0.3, 0.4) is 0 Å². The minimum atomic E-state index is -0.684. The van der Waals surface area contributed by atoms with Crippen LogP contribution in [0.5, 0.6) is 0 Å². The molecule has 0 aliphatic rings. The molecule has 0 spiro atoms. The van der Waals surface area contributed by atoms with Gasteiger partial charge in [0.25, 0.3) is 0 Å². The number of carbonyl (C=O) groups is 1. The monoisotopic (exact) mass is 156 g/mol. The average Bonchev–Trinajstić information content (AvgIpc) is 2.01. The molecule has 0 amide bonds. The van der Waals surface area contributed by atoms with Crippen LogP contribution >= 0.6 is 0 Å². The van der Waals surface area contributed by atoms with Crippen LogP contribution in [-0.4, -0.2) is 19.4 Å². The minimum absolute atomic E-state index is 0.0229. The number of unbranched alkanes of at least 4 members (excludes halogenated alkanes) is 1. The van der Waals surface area contributed by atoms with E-state index < -0.39 is 6.16 Å². The van der Waals surface area contributed by atoms with E-state index in [-0.39, 0.29) is 6.61 Å². The Balaban J connectivity index is 3.17. The Kier molecular flexibility index (Phi) is 6.20. The van der Waals surface area contributed by atoms with Crippen LogP contribution in [0.15, 0.2) is 0 Å². The zero-order valence-corrected chi connectivity index (χ0v) is 6.63. The van der Waals surface area contributed by atoms with Crippen molar-refractivity contribution in [2.45, 2.75) is 19.8 Å². The van der Waals surface area contributed by atoms with Crippen LogP contribution in [-0.2, 0) is 9.47 Å². The van der Waals surface area contributed by atoms with Crippen molar-refractivity contribution >= 4 is 6.16 Å². The molecule has 0 aromatic rings. The Morgan fingerprint density at radius 2 is 2.27 bits per heavy atom. The van der Waals surface area contributed by atoms with Gasteiger partial charge in [-0.1, -0.05) is 19.3 Å². The molecule has 0 N–H and O–H groups in total. The number of rotatable bonds is 4. The summed E-state index contributed by atoms with van der Waals surface area (Å²) in [5.41, 5.74) is 0. The van der Waals surface area contributed by atoms with Gasteiger partial charge < -0.3 is 9.47 Å². The molecule has 11 heavy (non-hydrogen) atoms. The summed E-state index contributed by atoms with van der Waals surface area (Å²) in [7, 11) is 0. The Morgan fingerprint density at radius 1 is 1.55 bits per heavy atom. The standard InChI is InChI=1S/C8H12O3/c1-3-5-7-11-8(9)10-6-4-2/h2H,3,5-7H2,1H3. The van der Waals surface area contributed by atoms with Crippen LogP contribution in [0.25, 0.3) is 0 Å². The van der Waals surface area contributed by atoms with E-state index >= 15 is 0 Å². The third kappa shape index (κ3) is 6.72. The molecule has 0 rings (SSSR count). The maximum atomic E-state index is 10.5. The van der Waals surface area contributed by atoms with E-state index in [9.17, 15) is 4.79 Å². The molecule has 0 aromatic carbocycles. The lowest BCUT2D eigenvalue weighted by Crippen LogP contribution is -2.08. The minimum Gasteiger partial charge on any atom is -0.434 e. The molecule has 0 heterocycles. The van der Waals surface area contributed by atoms with Crippen molar-refractivity contribution in [2.75, 3.05) is 13.2 Å². The van der Waals surface area contributed by atoms with Gasteiger partial charge in [-0.15, -0.1) is 6.42 Å². The molecule has 0 aromatic heterocycles. The highest BCUT2D eigenvalue weighted by Crippen LogP contribution is 1.90. The van der Waals surface area contributed by atoms with E-state index in [1.165, 1.54) is 0 Å². The Hall–Kier alpha value is -1.17. The lowest BCUT2D eigenvalue weighted by Gasteiger charge is -2.01. The van der Waals surface area contributed by atoms with Gasteiger partial charge in [0.05, 0.1) is 6.61 Å². The van der Waals surface area contributed by atoms with Crippen LogP contribution in [0.1, 0.15) is 19.8 Å². The van der Waals surface area contributed by atoms with Gasteiger partial charge >= 0.3 is 6.16 Å². The molecule has 0 saturated heterocycles. The van der Waals surface area contributed by atoms with E-state index in [1.54, 1.807) is 0 Å². The summed E-state index contributed by atoms with van der Waals surface area (Å²) >= 11 is 0. The largest absolute Gasteiger partial charge is 0.509 e. The molecule has 62 valence electrons. The average molecular weight is 156 g/mol. The quantitative estimate of drug-likeness (QED) is 0.352. The lowest BCUT2D eigenvalue weighted by molar-refractivity contribution is 0.0636. The molecule has 0 bridgehead atoms. The fourth-order valence-electron chi connectivity index (χ4n) is 0.442.